The molecule has 1 aliphatic rings. The van der Waals surface area contributed by atoms with Gasteiger partial charge in [0.2, 0.25) is 0 Å². The van der Waals surface area contributed by atoms with Gasteiger partial charge >= 0.3 is 12.0 Å². The zero-order valence-electron chi connectivity index (χ0n) is 14.2. The average molecular weight is 336 g/mol. The highest BCUT2D eigenvalue weighted by Gasteiger charge is 2.27. The molecule has 1 aromatic carbocycles. The molecule has 0 heterocycles. The normalized spacial score (nSPS) is 21.6. The first kappa shape index (κ1) is 18.2. The smallest absolute Gasteiger partial charge is 0.314 e. The summed E-state index contributed by atoms with van der Waals surface area (Å²) in [6, 6.07) is 5.99. The third-order valence-corrected chi connectivity index (χ3v) is 4.33. The van der Waals surface area contributed by atoms with Gasteiger partial charge in [-0.05, 0) is 57.2 Å². The molecule has 0 aliphatic heterocycles. The van der Waals surface area contributed by atoms with Gasteiger partial charge in [-0.25, -0.2) is 9.18 Å². The predicted octanol–water partition coefficient (Wildman–Crippen LogP) is 3.10. The van der Waals surface area contributed by atoms with Gasteiger partial charge in [0, 0.05) is 12.6 Å². The zero-order valence-corrected chi connectivity index (χ0v) is 14.2. The summed E-state index contributed by atoms with van der Waals surface area (Å²) in [7, 11) is 0. The lowest BCUT2D eigenvalue weighted by atomic mass is 9.92. The minimum Gasteiger partial charge on any atom is -0.462 e. The van der Waals surface area contributed by atoms with E-state index in [2.05, 4.69) is 10.6 Å². The van der Waals surface area contributed by atoms with Crippen LogP contribution < -0.4 is 10.6 Å². The number of ether oxygens (including phenoxy) is 1. The van der Waals surface area contributed by atoms with Gasteiger partial charge in [0.1, 0.15) is 11.9 Å². The summed E-state index contributed by atoms with van der Waals surface area (Å²) in [6.07, 6.45) is 2.87. The van der Waals surface area contributed by atoms with E-state index in [1.807, 2.05) is 6.92 Å². The Kier molecular flexibility index (Phi) is 6.58. The molecule has 1 saturated carbocycles. The lowest BCUT2D eigenvalue weighted by Crippen LogP contribution is -2.44. The standard InChI is InChI=1S/C18H25FN2O3/c1-3-20-18(23)21-15-7-9-16(10-8-15)24-17(22)12(2)13-5-4-6-14(19)11-13/h4-6,11-12,15-16H,3,7-10H2,1-2H3,(H2,20,21,23). The number of benzene rings is 1. The molecule has 0 radical (unpaired) electrons. The molecule has 0 saturated heterocycles. The third kappa shape index (κ3) is 5.22. The average Bonchev–Trinajstić information content (AvgIpc) is 2.56. The largest absolute Gasteiger partial charge is 0.462 e. The van der Waals surface area contributed by atoms with Crippen molar-refractivity contribution in [1.29, 1.82) is 0 Å². The van der Waals surface area contributed by atoms with E-state index < -0.39 is 5.92 Å². The van der Waals surface area contributed by atoms with Crippen LogP contribution >= 0.6 is 0 Å². The van der Waals surface area contributed by atoms with Crippen molar-refractivity contribution in [3.8, 4) is 0 Å². The van der Waals surface area contributed by atoms with Gasteiger partial charge in [-0.3, -0.25) is 4.79 Å². The van der Waals surface area contributed by atoms with E-state index in [-0.39, 0.29) is 30.0 Å². The fraction of sp³-hybridized carbons (Fsp3) is 0.556. The fourth-order valence-corrected chi connectivity index (χ4v) is 2.90. The van der Waals surface area contributed by atoms with Crippen LogP contribution in [0.1, 0.15) is 51.0 Å². The Morgan fingerprint density at radius 2 is 2.00 bits per heavy atom. The molecule has 5 nitrogen and oxygen atoms in total. The maximum atomic E-state index is 13.3. The second kappa shape index (κ2) is 8.66. The van der Waals surface area contributed by atoms with E-state index in [4.69, 9.17) is 4.74 Å². The van der Waals surface area contributed by atoms with Crippen molar-refractivity contribution >= 4 is 12.0 Å². The monoisotopic (exact) mass is 336 g/mol. The molecular weight excluding hydrogens is 311 g/mol. The van der Waals surface area contributed by atoms with E-state index in [1.165, 1.54) is 12.1 Å². The number of hydrogen-bond acceptors (Lipinski definition) is 3. The Balaban J connectivity index is 1.79. The number of carbonyl (C=O) groups excluding carboxylic acids is 2. The van der Waals surface area contributed by atoms with E-state index >= 15 is 0 Å². The minimum absolute atomic E-state index is 0.118. The van der Waals surface area contributed by atoms with Gasteiger partial charge in [-0.1, -0.05) is 12.1 Å². The minimum atomic E-state index is -0.494. The van der Waals surface area contributed by atoms with Crippen LogP contribution in [0.25, 0.3) is 0 Å². The first-order valence-corrected chi connectivity index (χ1v) is 8.50. The lowest BCUT2D eigenvalue weighted by Gasteiger charge is -2.29. The quantitative estimate of drug-likeness (QED) is 0.812. The number of nitrogens with one attached hydrogen (secondary N) is 2. The number of halogens is 1. The Morgan fingerprint density at radius 1 is 1.29 bits per heavy atom. The highest BCUT2D eigenvalue weighted by Crippen LogP contribution is 2.24. The van der Waals surface area contributed by atoms with Gasteiger partial charge in [0.05, 0.1) is 5.92 Å². The van der Waals surface area contributed by atoms with Crippen molar-refractivity contribution in [2.24, 2.45) is 0 Å². The lowest BCUT2D eigenvalue weighted by molar-refractivity contribution is -0.152. The van der Waals surface area contributed by atoms with Crippen LogP contribution in [0.4, 0.5) is 9.18 Å². The number of esters is 1. The molecule has 1 aromatic rings. The molecule has 2 N–H and O–H groups in total. The molecule has 1 atom stereocenters. The van der Waals surface area contributed by atoms with Crippen molar-refractivity contribution < 1.29 is 18.7 Å². The summed E-state index contributed by atoms with van der Waals surface area (Å²) in [6.45, 7) is 4.19. The summed E-state index contributed by atoms with van der Waals surface area (Å²) < 4.78 is 18.8. The van der Waals surface area contributed by atoms with Crippen LogP contribution in [0, 0.1) is 5.82 Å². The van der Waals surface area contributed by atoms with Gasteiger partial charge < -0.3 is 15.4 Å². The van der Waals surface area contributed by atoms with E-state index in [0.717, 1.165) is 25.7 Å². The highest BCUT2D eigenvalue weighted by atomic mass is 19.1. The van der Waals surface area contributed by atoms with Crippen LogP contribution in [0.15, 0.2) is 24.3 Å². The second-order valence-electron chi connectivity index (χ2n) is 6.19. The van der Waals surface area contributed by atoms with Crippen LogP contribution in [-0.2, 0) is 9.53 Å². The summed E-state index contributed by atoms with van der Waals surface area (Å²) in [5, 5.41) is 5.62. The fourth-order valence-electron chi connectivity index (χ4n) is 2.90. The van der Waals surface area contributed by atoms with Crippen LogP contribution in [0.3, 0.4) is 0 Å². The topological polar surface area (TPSA) is 67.4 Å². The van der Waals surface area contributed by atoms with Crippen molar-refractivity contribution in [3.63, 3.8) is 0 Å². The van der Waals surface area contributed by atoms with Crippen molar-refractivity contribution in [3.05, 3.63) is 35.6 Å². The summed E-state index contributed by atoms with van der Waals surface area (Å²) >= 11 is 0. The van der Waals surface area contributed by atoms with E-state index in [0.29, 0.717) is 12.1 Å². The molecule has 132 valence electrons. The predicted molar refractivity (Wildman–Crippen MR) is 89.2 cm³/mol. The number of carbonyl (C=O) groups is 2. The Bertz CT molecular complexity index is 571. The van der Waals surface area contributed by atoms with Crippen molar-refractivity contribution in [1.82, 2.24) is 10.6 Å². The number of hydrogen-bond donors (Lipinski definition) is 2. The summed E-state index contributed by atoms with van der Waals surface area (Å²) in [5.74, 6) is -1.18. The SMILES string of the molecule is CCNC(=O)NC1CCC(OC(=O)C(C)c2cccc(F)c2)CC1. The van der Waals surface area contributed by atoms with Crippen molar-refractivity contribution in [2.75, 3.05) is 6.54 Å². The van der Waals surface area contributed by atoms with Gasteiger partial charge in [-0.2, -0.15) is 0 Å². The zero-order chi connectivity index (χ0) is 17.5. The second-order valence-corrected chi connectivity index (χ2v) is 6.19. The van der Waals surface area contributed by atoms with Gasteiger partial charge in [0.25, 0.3) is 0 Å². The molecule has 0 aromatic heterocycles. The molecule has 1 aliphatic carbocycles. The molecular formula is C18H25FN2O3. The molecule has 2 amide bonds. The maximum absolute atomic E-state index is 13.3. The van der Waals surface area contributed by atoms with Crippen LogP contribution in [0.5, 0.6) is 0 Å². The number of amides is 2. The molecule has 0 spiro atoms. The Labute approximate surface area is 142 Å². The molecule has 1 fully saturated rings. The molecule has 1 unspecified atom stereocenters. The Hall–Kier alpha value is -2.11. The van der Waals surface area contributed by atoms with Crippen LogP contribution in [-0.4, -0.2) is 30.7 Å². The molecule has 0 bridgehead atoms. The molecule has 2 rings (SSSR count). The third-order valence-electron chi connectivity index (χ3n) is 4.33. The molecule has 24 heavy (non-hydrogen) atoms. The summed E-state index contributed by atoms with van der Waals surface area (Å²) in [5.41, 5.74) is 0.617. The summed E-state index contributed by atoms with van der Waals surface area (Å²) in [4.78, 5) is 23.7. The number of rotatable bonds is 5. The van der Waals surface area contributed by atoms with Crippen LogP contribution in [0.2, 0.25) is 0 Å². The highest BCUT2D eigenvalue weighted by molar-refractivity contribution is 5.77. The van der Waals surface area contributed by atoms with Crippen molar-refractivity contribution in [2.45, 2.75) is 57.6 Å². The first-order chi connectivity index (χ1) is 11.5. The Morgan fingerprint density at radius 3 is 2.62 bits per heavy atom. The maximum Gasteiger partial charge on any atom is 0.314 e. The first-order valence-electron chi connectivity index (χ1n) is 8.50. The van der Waals surface area contributed by atoms with Gasteiger partial charge in [-0.15, -0.1) is 0 Å². The van der Waals surface area contributed by atoms with E-state index in [9.17, 15) is 14.0 Å². The van der Waals surface area contributed by atoms with E-state index in [1.54, 1.807) is 19.1 Å². The molecule has 6 heteroatoms. The van der Waals surface area contributed by atoms with Gasteiger partial charge in [0.15, 0.2) is 0 Å². The number of urea groups is 1.